The maximum Gasteiger partial charge on any atom is 0.416 e. The summed E-state index contributed by atoms with van der Waals surface area (Å²) in [4.78, 5) is 25.3. The van der Waals surface area contributed by atoms with E-state index >= 15 is 0 Å². The molecule has 136 valence electrons. The topological polar surface area (TPSA) is 58.6 Å². The summed E-state index contributed by atoms with van der Waals surface area (Å²) in [6.45, 7) is 0.742. The summed E-state index contributed by atoms with van der Waals surface area (Å²) in [5, 5.41) is 2.63. The third-order valence-corrected chi connectivity index (χ3v) is 3.80. The van der Waals surface area contributed by atoms with E-state index in [-0.39, 0.29) is 29.9 Å². The number of alkyl halides is 3. The van der Waals surface area contributed by atoms with Gasteiger partial charge in [-0.3, -0.25) is 9.59 Å². The second kappa shape index (κ2) is 7.07. The number of benzene rings is 2. The minimum absolute atomic E-state index is 0.0155. The number of nitrogens with zero attached hydrogens (tertiary/aromatic N) is 1. The van der Waals surface area contributed by atoms with Gasteiger partial charge in [0, 0.05) is 18.7 Å². The van der Waals surface area contributed by atoms with Crippen LogP contribution in [0.3, 0.4) is 0 Å². The van der Waals surface area contributed by atoms with Gasteiger partial charge >= 0.3 is 6.18 Å². The molecule has 0 bridgehead atoms. The van der Waals surface area contributed by atoms with Crippen molar-refractivity contribution in [3.05, 3.63) is 59.7 Å². The minimum atomic E-state index is -4.47. The highest BCUT2D eigenvalue weighted by Gasteiger charge is 2.30. The van der Waals surface area contributed by atoms with Gasteiger partial charge in [0.05, 0.1) is 12.1 Å². The van der Waals surface area contributed by atoms with Crippen molar-refractivity contribution in [1.82, 2.24) is 10.2 Å². The highest BCUT2D eigenvalue weighted by atomic mass is 19.4. The van der Waals surface area contributed by atoms with Crippen LogP contribution in [0.2, 0.25) is 0 Å². The molecule has 26 heavy (non-hydrogen) atoms. The lowest BCUT2D eigenvalue weighted by atomic mass is 10.1. The number of hydrogen-bond acceptors (Lipinski definition) is 3. The van der Waals surface area contributed by atoms with Gasteiger partial charge in [-0.05, 0) is 36.4 Å². The molecule has 2 aromatic carbocycles. The fourth-order valence-electron chi connectivity index (χ4n) is 2.56. The number of rotatable bonds is 3. The van der Waals surface area contributed by atoms with Crippen molar-refractivity contribution < 1.29 is 27.5 Å². The SMILES string of the molecule is O=C1CN(C(=O)c2cccc(Oc3cccc(C(F)(F)F)c3)c2)CCN1. The average Bonchev–Trinajstić information content (AvgIpc) is 2.61. The molecule has 1 aliphatic rings. The Balaban J connectivity index is 1.77. The zero-order valence-electron chi connectivity index (χ0n) is 13.5. The van der Waals surface area contributed by atoms with E-state index in [0.717, 1.165) is 12.1 Å². The Bertz CT molecular complexity index is 836. The Morgan fingerprint density at radius 1 is 1.08 bits per heavy atom. The Labute approximate surface area is 147 Å². The van der Waals surface area contributed by atoms with Crippen LogP contribution in [0.25, 0.3) is 0 Å². The standard InChI is InChI=1S/C18H15F3N2O3/c19-18(20,21)13-4-2-6-15(10-13)26-14-5-1-3-12(9-14)17(25)23-8-7-22-16(24)11-23/h1-6,9-10H,7-8,11H2,(H,22,24). The molecule has 1 N–H and O–H groups in total. The lowest BCUT2D eigenvalue weighted by Gasteiger charge is -2.26. The zero-order valence-corrected chi connectivity index (χ0v) is 13.5. The number of carbonyl (C=O) groups excluding carboxylic acids is 2. The molecule has 0 radical (unpaired) electrons. The second-order valence-corrected chi connectivity index (χ2v) is 5.73. The van der Waals surface area contributed by atoms with Crippen LogP contribution in [-0.2, 0) is 11.0 Å². The first kappa shape index (κ1) is 17.8. The molecule has 8 heteroatoms. The molecular formula is C18H15F3N2O3. The van der Waals surface area contributed by atoms with Gasteiger partial charge in [-0.15, -0.1) is 0 Å². The molecule has 0 aromatic heterocycles. The van der Waals surface area contributed by atoms with Crippen LogP contribution in [0.4, 0.5) is 13.2 Å². The third kappa shape index (κ3) is 4.14. The van der Waals surface area contributed by atoms with Crippen LogP contribution in [0.1, 0.15) is 15.9 Å². The molecular weight excluding hydrogens is 349 g/mol. The molecule has 2 aromatic rings. The van der Waals surface area contributed by atoms with Crippen molar-refractivity contribution in [2.45, 2.75) is 6.18 Å². The monoisotopic (exact) mass is 364 g/mol. The van der Waals surface area contributed by atoms with Gasteiger partial charge in [0.2, 0.25) is 5.91 Å². The normalized spacial score (nSPS) is 14.7. The Morgan fingerprint density at radius 2 is 1.77 bits per heavy atom. The van der Waals surface area contributed by atoms with Crippen molar-refractivity contribution in [2.75, 3.05) is 19.6 Å². The lowest BCUT2D eigenvalue weighted by Crippen LogP contribution is -2.49. The van der Waals surface area contributed by atoms with E-state index in [1.54, 1.807) is 18.2 Å². The van der Waals surface area contributed by atoms with Crippen molar-refractivity contribution >= 4 is 11.8 Å². The number of piperazine rings is 1. The quantitative estimate of drug-likeness (QED) is 0.911. The van der Waals surface area contributed by atoms with Crippen molar-refractivity contribution in [1.29, 1.82) is 0 Å². The highest BCUT2D eigenvalue weighted by molar-refractivity contribution is 5.97. The van der Waals surface area contributed by atoms with Gasteiger partial charge in [-0.1, -0.05) is 12.1 Å². The van der Waals surface area contributed by atoms with E-state index in [2.05, 4.69) is 5.32 Å². The van der Waals surface area contributed by atoms with Gasteiger partial charge in [0.15, 0.2) is 0 Å². The first-order valence-electron chi connectivity index (χ1n) is 7.84. The predicted molar refractivity (Wildman–Crippen MR) is 86.9 cm³/mol. The molecule has 1 saturated heterocycles. The molecule has 1 fully saturated rings. The summed E-state index contributed by atoms with van der Waals surface area (Å²) >= 11 is 0. The predicted octanol–water partition coefficient (Wildman–Crippen LogP) is 3.07. The molecule has 1 heterocycles. The number of ether oxygens (including phenoxy) is 1. The maximum atomic E-state index is 12.8. The Kier molecular flexibility index (Phi) is 4.83. The molecule has 1 aliphatic heterocycles. The summed E-state index contributed by atoms with van der Waals surface area (Å²) in [6, 6.07) is 10.6. The van der Waals surface area contributed by atoms with Gasteiger partial charge in [0.25, 0.3) is 5.91 Å². The van der Waals surface area contributed by atoms with Crippen LogP contribution in [-0.4, -0.2) is 36.3 Å². The van der Waals surface area contributed by atoms with Gasteiger partial charge in [0.1, 0.15) is 11.5 Å². The van der Waals surface area contributed by atoms with Crippen LogP contribution in [0, 0.1) is 0 Å². The number of hydrogen-bond donors (Lipinski definition) is 1. The summed E-state index contributed by atoms with van der Waals surface area (Å²) in [5.41, 5.74) is -0.522. The second-order valence-electron chi connectivity index (χ2n) is 5.73. The molecule has 0 unspecified atom stereocenters. The molecule has 0 aliphatic carbocycles. The number of carbonyl (C=O) groups is 2. The molecule has 5 nitrogen and oxygen atoms in total. The number of halogens is 3. The van der Waals surface area contributed by atoms with Crippen LogP contribution >= 0.6 is 0 Å². The fraction of sp³-hybridized carbons (Fsp3) is 0.222. The van der Waals surface area contributed by atoms with E-state index in [1.165, 1.54) is 23.1 Å². The maximum absolute atomic E-state index is 12.8. The Hall–Kier alpha value is -3.03. The van der Waals surface area contributed by atoms with E-state index in [0.29, 0.717) is 18.7 Å². The van der Waals surface area contributed by atoms with Crippen molar-refractivity contribution in [2.24, 2.45) is 0 Å². The van der Waals surface area contributed by atoms with Gasteiger partial charge in [-0.2, -0.15) is 13.2 Å². The van der Waals surface area contributed by atoms with Gasteiger partial charge in [-0.25, -0.2) is 0 Å². The lowest BCUT2D eigenvalue weighted by molar-refractivity contribution is -0.137. The summed E-state index contributed by atoms with van der Waals surface area (Å²) in [6.07, 6.45) is -4.47. The highest BCUT2D eigenvalue weighted by Crippen LogP contribution is 2.32. The van der Waals surface area contributed by atoms with Crippen LogP contribution < -0.4 is 10.1 Å². The summed E-state index contributed by atoms with van der Waals surface area (Å²) in [7, 11) is 0. The number of amides is 2. The average molecular weight is 364 g/mol. The van der Waals surface area contributed by atoms with E-state index in [4.69, 9.17) is 4.74 Å². The third-order valence-electron chi connectivity index (χ3n) is 3.80. The zero-order chi connectivity index (χ0) is 18.7. The molecule has 2 amide bonds. The summed E-state index contributed by atoms with van der Waals surface area (Å²) in [5.74, 6) is -0.325. The van der Waals surface area contributed by atoms with E-state index in [9.17, 15) is 22.8 Å². The Morgan fingerprint density at radius 3 is 2.46 bits per heavy atom. The molecule has 3 rings (SSSR count). The van der Waals surface area contributed by atoms with Crippen LogP contribution in [0.5, 0.6) is 11.5 Å². The first-order chi connectivity index (χ1) is 12.3. The van der Waals surface area contributed by atoms with Crippen molar-refractivity contribution in [3.63, 3.8) is 0 Å². The van der Waals surface area contributed by atoms with E-state index < -0.39 is 11.7 Å². The van der Waals surface area contributed by atoms with E-state index in [1.807, 2.05) is 0 Å². The van der Waals surface area contributed by atoms with Crippen molar-refractivity contribution in [3.8, 4) is 11.5 Å². The minimum Gasteiger partial charge on any atom is -0.457 e. The smallest absolute Gasteiger partial charge is 0.416 e. The first-order valence-corrected chi connectivity index (χ1v) is 7.84. The fourth-order valence-corrected chi connectivity index (χ4v) is 2.56. The number of nitrogens with one attached hydrogen (secondary N) is 1. The van der Waals surface area contributed by atoms with Crippen LogP contribution in [0.15, 0.2) is 48.5 Å². The molecule has 0 saturated carbocycles. The largest absolute Gasteiger partial charge is 0.457 e. The molecule has 0 atom stereocenters. The molecule has 0 spiro atoms. The summed E-state index contributed by atoms with van der Waals surface area (Å²) < 4.78 is 43.8. The van der Waals surface area contributed by atoms with Gasteiger partial charge < -0.3 is 15.0 Å².